The van der Waals surface area contributed by atoms with Gasteiger partial charge in [0.05, 0.1) is 6.10 Å². The predicted octanol–water partition coefficient (Wildman–Crippen LogP) is 1.59. The fourth-order valence-corrected chi connectivity index (χ4v) is 1.31. The molecule has 0 heterocycles. The summed E-state index contributed by atoms with van der Waals surface area (Å²) < 4.78 is 0. The van der Waals surface area contributed by atoms with Crippen molar-refractivity contribution < 1.29 is 5.11 Å². The van der Waals surface area contributed by atoms with Crippen molar-refractivity contribution in [3.05, 3.63) is 35.9 Å². The maximum Gasteiger partial charge on any atom is 0.0524 e. The predicted molar refractivity (Wildman–Crippen MR) is 59.3 cm³/mol. The SMILES string of the molecule is CC(O)CCNCCc1ccccc1. The Bertz CT molecular complexity index is 233. The molecule has 0 bridgehead atoms. The first-order valence-electron chi connectivity index (χ1n) is 5.22. The van der Waals surface area contributed by atoms with Crippen LogP contribution in [0.25, 0.3) is 0 Å². The van der Waals surface area contributed by atoms with Gasteiger partial charge in [0.2, 0.25) is 0 Å². The van der Waals surface area contributed by atoms with Crippen LogP contribution in [0.1, 0.15) is 18.9 Å². The van der Waals surface area contributed by atoms with E-state index in [0.29, 0.717) is 0 Å². The third-order valence-electron chi connectivity index (χ3n) is 2.17. The van der Waals surface area contributed by atoms with Crippen LogP contribution in [0.3, 0.4) is 0 Å². The molecule has 1 atom stereocenters. The average molecular weight is 193 g/mol. The molecule has 1 unspecified atom stereocenters. The number of hydrogen-bond donors (Lipinski definition) is 2. The first-order chi connectivity index (χ1) is 6.79. The van der Waals surface area contributed by atoms with Gasteiger partial charge in [-0.2, -0.15) is 0 Å². The molecule has 0 fully saturated rings. The van der Waals surface area contributed by atoms with E-state index in [4.69, 9.17) is 5.11 Å². The van der Waals surface area contributed by atoms with Gasteiger partial charge in [-0.1, -0.05) is 30.3 Å². The molecule has 1 aromatic carbocycles. The number of rotatable bonds is 6. The highest BCUT2D eigenvalue weighted by Gasteiger charge is 1.94. The monoisotopic (exact) mass is 193 g/mol. The molecule has 0 aliphatic heterocycles. The first kappa shape index (κ1) is 11.2. The highest BCUT2D eigenvalue weighted by Crippen LogP contribution is 1.98. The Morgan fingerprint density at radius 3 is 2.57 bits per heavy atom. The first-order valence-corrected chi connectivity index (χ1v) is 5.22. The van der Waals surface area contributed by atoms with Crippen LogP contribution in [-0.2, 0) is 6.42 Å². The molecule has 14 heavy (non-hydrogen) atoms. The molecule has 1 aromatic rings. The van der Waals surface area contributed by atoms with Crippen LogP contribution in [0.2, 0.25) is 0 Å². The number of hydrogen-bond acceptors (Lipinski definition) is 2. The number of nitrogens with one attached hydrogen (secondary N) is 1. The molecule has 0 aliphatic rings. The van der Waals surface area contributed by atoms with E-state index in [2.05, 4.69) is 29.6 Å². The van der Waals surface area contributed by atoms with Gasteiger partial charge in [-0.15, -0.1) is 0 Å². The molecule has 0 saturated heterocycles. The minimum atomic E-state index is -0.195. The Morgan fingerprint density at radius 2 is 1.93 bits per heavy atom. The van der Waals surface area contributed by atoms with Crippen molar-refractivity contribution in [3.63, 3.8) is 0 Å². The maximum absolute atomic E-state index is 9.03. The Balaban J connectivity index is 2.05. The topological polar surface area (TPSA) is 32.3 Å². The van der Waals surface area contributed by atoms with Crippen LogP contribution in [0, 0.1) is 0 Å². The van der Waals surface area contributed by atoms with Gasteiger partial charge in [0.15, 0.2) is 0 Å². The van der Waals surface area contributed by atoms with Crippen molar-refractivity contribution in [2.45, 2.75) is 25.9 Å². The Labute approximate surface area is 86.0 Å². The highest BCUT2D eigenvalue weighted by molar-refractivity contribution is 5.14. The van der Waals surface area contributed by atoms with Crippen LogP contribution in [0.4, 0.5) is 0 Å². The van der Waals surface area contributed by atoms with Crippen LogP contribution >= 0.6 is 0 Å². The second-order valence-electron chi connectivity index (χ2n) is 3.62. The van der Waals surface area contributed by atoms with Crippen LogP contribution in [-0.4, -0.2) is 24.3 Å². The lowest BCUT2D eigenvalue weighted by Gasteiger charge is -2.06. The Morgan fingerprint density at radius 1 is 1.21 bits per heavy atom. The van der Waals surface area contributed by atoms with E-state index in [1.54, 1.807) is 0 Å². The lowest BCUT2D eigenvalue weighted by atomic mass is 10.1. The normalized spacial score (nSPS) is 12.7. The second-order valence-corrected chi connectivity index (χ2v) is 3.62. The Kier molecular flexibility index (Phi) is 5.27. The largest absolute Gasteiger partial charge is 0.393 e. The van der Waals surface area contributed by atoms with Gasteiger partial charge in [-0.05, 0) is 38.4 Å². The molecule has 0 aromatic heterocycles. The molecular weight excluding hydrogens is 174 g/mol. The number of aliphatic hydroxyl groups excluding tert-OH is 1. The molecule has 2 N–H and O–H groups in total. The molecule has 0 spiro atoms. The fourth-order valence-electron chi connectivity index (χ4n) is 1.31. The molecule has 0 saturated carbocycles. The standard InChI is InChI=1S/C12H19NO/c1-11(14)7-9-13-10-8-12-5-3-2-4-6-12/h2-6,11,13-14H,7-10H2,1H3. The number of aliphatic hydroxyl groups is 1. The van der Waals surface area contributed by atoms with Gasteiger partial charge in [-0.25, -0.2) is 0 Å². The van der Waals surface area contributed by atoms with Crippen molar-refractivity contribution in [1.29, 1.82) is 0 Å². The van der Waals surface area contributed by atoms with Crippen molar-refractivity contribution in [3.8, 4) is 0 Å². The van der Waals surface area contributed by atoms with Crippen molar-refractivity contribution in [1.82, 2.24) is 5.32 Å². The highest BCUT2D eigenvalue weighted by atomic mass is 16.3. The summed E-state index contributed by atoms with van der Waals surface area (Å²) in [6.07, 6.45) is 1.69. The molecule has 1 rings (SSSR count). The van der Waals surface area contributed by atoms with Gasteiger partial charge in [0.1, 0.15) is 0 Å². The van der Waals surface area contributed by atoms with Crippen molar-refractivity contribution >= 4 is 0 Å². The summed E-state index contributed by atoms with van der Waals surface area (Å²) in [4.78, 5) is 0. The molecule has 2 nitrogen and oxygen atoms in total. The van der Waals surface area contributed by atoms with E-state index in [9.17, 15) is 0 Å². The van der Waals surface area contributed by atoms with Crippen LogP contribution < -0.4 is 5.32 Å². The second kappa shape index (κ2) is 6.57. The molecule has 0 radical (unpaired) electrons. The van der Waals surface area contributed by atoms with Gasteiger partial charge >= 0.3 is 0 Å². The number of benzene rings is 1. The molecule has 78 valence electrons. The lowest BCUT2D eigenvalue weighted by Crippen LogP contribution is -2.21. The Hall–Kier alpha value is -0.860. The quantitative estimate of drug-likeness (QED) is 0.672. The van der Waals surface area contributed by atoms with E-state index < -0.39 is 0 Å². The minimum absolute atomic E-state index is 0.195. The zero-order chi connectivity index (χ0) is 10.2. The van der Waals surface area contributed by atoms with Crippen LogP contribution in [0.5, 0.6) is 0 Å². The van der Waals surface area contributed by atoms with Gasteiger partial charge in [0.25, 0.3) is 0 Å². The van der Waals surface area contributed by atoms with E-state index in [0.717, 1.165) is 25.9 Å². The zero-order valence-corrected chi connectivity index (χ0v) is 8.74. The van der Waals surface area contributed by atoms with E-state index in [-0.39, 0.29) is 6.10 Å². The van der Waals surface area contributed by atoms with Gasteiger partial charge in [0, 0.05) is 0 Å². The lowest BCUT2D eigenvalue weighted by molar-refractivity contribution is 0.184. The van der Waals surface area contributed by atoms with E-state index in [1.807, 2.05) is 13.0 Å². The third-order valence-corrected chi connectivity index (χ3v) is 2.17. The van der Waals surface area contributed by atoms with E-state index >= 15 is 0 Å². The molecule has 0 amide bonds. The molecular formula is C12H19NO. The smallest absolute Gasteiger partial charge is 0.0524 e. The van der Waals surface area contributed by atoms with Crippen molar-refractivity contribution in [2.75, 3.05) is 13.1 Å². The molecule has 2 heteroatoms. The summed E-state index contributed by atoms with van der Waals surface area (Å²) >= 11 is 0. The van der Waals surface area contributed by atoms with Crippen molar-refractivity contribution in [2.24, 2.45) is 0 Å². The summed E-state index contributed by atoms with van der Waals surface area (Å²) in [5.74, 6) is 0. The average Bonchev–Trinajstić information content (AvgIpc) is 2.18. The summed E-state index contributed by atoms with van der Waals surface area (Å²) in [6, 6.07) is 10.4. The summed E-state index contributed by atoms with van der Waals surface area (Å²) in [7, 11) is 0. The summed E-state index contributed by atoms with van der Waals surface area (Å²) in [6.45, 7) is 3.69. The molecule has 0 aliphatic carbocycles. The summed E-state index contributed by atoms with van der Waals surface area (Å²) in [5.41, 5.74) is 1.36. The fraction of sp³-hybridized carbons (Fsp3) is 0.500. The summed E-state index contributed by atoms with van der Waals surface area (Å²) in [5, 5.41) is 12.3. The van der Waals surface area contributed by atoms with Crippen LogP contribution in [0.15, 0.2) is 30.3 Å². The van der Waals surface area contributed by atoms with Gasteiger partial charge < -0.3 is 10.4 Å². The maximum atomic E-state index is 9.03. The third kappa shape index (κ3) is 5.00. The minimum Gasteiger partial charge on any atom is -0.393 e. The van der Waals surface area contributed by atoms with Gasteiger partial charge in [-0.3, -0.25) is 0 Å². The zero-order valence-electron chi connectivity index (χ0n) is 8.74. The van der Waals surface area contributed by atoms with E-state index in [1.165, 1.54) is 5.56 Å².